The van der Waals surface area contributed by atoms with Crippen molar-refractivity contribution in [2.45, 2.75) is 25.8 Å². The molecule has 5 nitrogen and oxygen atoms in total. The lowest BCUT2D eigenvalue weighted by Crippen LogP contribution is -2.37. The molecule has 0 bridgehead atoms. The SMILES string of the molecule is COCCc1ncc(CN2CCCC(COc3ccccc3F)C2)cn1. The van der Waals surface area contributed by atoms with E-state index in [0.29, 0.717) is 24.9 Å². The minimum Gasteiger partial charge on any atom is -0.490 e. The van der Waals surface area contributed by atoms with Gasteiger partial charge in [0, 0.05) is 50.5 Å². The number of aromatic nitrogens is 2. The Kier molecular flexibility index (Phi) is 6.91. The quantitative estimate of drug-likeness (QED) is 0.725. The molecule has 140 valence electrons. The summed E-state index contributed by atoms with van der Waals surface area (Å²) in [6.07, 6.45) is 6.76. The maximum absolute atomic E-state index is 13.7. The zero-order valence-corrected chi connectivity index (χ0v) is 15.2. The highest BCUT2D eigenvalue weighted by atomic mass is 19.1. The summed E-state index contributed by atoms with van der Waals surface area (Å²) >= 11 is 0. The Labute approximate surface area is 154 Å². The van der Waals surface area contributed by atoms with Crippen LogP contribution in [0.2, 0.25) is 0 Å². The minimum atomic E-state index is -0.300. The molecule has 0 aliphatic carbocycles. The van der Waals surface area contributed by atoms with E-state index in [-0.39, 0.29) is 5.82 Å². The number of para-hydroxylation sites is 1. The zero-order chi connectivity index (χ0) is 18.2. The summed E-state index contributed by atoms with van der Waals surface area (Å²) in [5.41, 5.74) is 1.11. The third-order valence-electron chi connectivity index (χ3n) is 4.61. The van der Waals surface area contributed by atoms with Gasteiger partial charge in [0.25, 0.3) is 0 Å². The highest BCUT2D eigenvalue weighted by Crippen LogP contribution is 2.21. The Morgan fingerprint density at radius 2 is 2.04 bits per heavy atom. The second-order valence-electron chi connectivity index (χ2n) is 6.74. The second-order valence-corrected chi connectivity index (χ2v) is 6.74. The van der Waals surface area contributed by atoms with Gasteiger partial charge in [0.15, 0.2) is 11.6 Å². The van der Waals surface area contributed by atoms with E-state index in [0.717, 1.165) is 50.3 Å². The van der Waals surface area contributed by atoms with Crippen LogP contribution in [0.1, 0.15) is 24.2 Å². The van der Waals surface area contributed by atoms with Gasteiger partial charge in [-0.05, 0) is 31.5 Å². The van der Waals surface area contributed by atoms with Crippen LogP contribution >= 0.6 is 0 Å². The Morgan fingerprint density at radius 3 is 2.81 bits per heavy atom. The summed E-state index contributed by atoms with van der Waals surface area (Å²) in [6.45, 7) is 4.02. The normalized spacial score (nSPS) is 18.0. The van der Waals surface area contributed by atoms with Crippen molar-refractivity contribution in [2.24, 2.45) is 5.92 Å². The fourth-order valence-corrected chi connectivity index (χ4v) is 3.24. The highest BCUT2D eigenvalue weighted by molar-refractivity contribution is 5.23. The average molecular weight is 359 g/mol. The van der Waals surface area contributed by atoms with Gasteiger partial charge in [0.2, 0.25) is 0 Å². The van der Waals surface area contributed by atoms with E-state index >= 15 is 0 Å². The van der Waals surface area contributed by atoms with Crippen molar-refractivity contribution in [2.75, 3.05) is 33.4 Å². The minimum absolute atomic E-state index is 0.300. The van der Waals surface area contributed by atoms with Crippen molar-refractivity contribution in [3.05, 3.63) is 53.9 Å². The molecule has 0 saturated carbocycles. The summed E-state index contributed by atoms with van der Waals surface area (Å²) in [5.74, 6) is 1.26. The fourth-order valence-electron chi connectivity index (χ4n) is 3.24. The first kappa shape index (κ1) is 18.7. The molecule has 1 fully saturated rings. The molecule has 1 saturated heterocycles. The smallest absolute Gasteiger partial charge is 0.165 e. The Hall–Kier alpha value is -2.05. The van der Waals surface area contributed by atoms with Gasteiger partial charge in [-0.1, -0.05) is 12.1 Å². The average Bonchev–Trinajstić information content (AvgIpc) is 2.67. The van der Waals surface area contributed by atoms with Gasteiger partial charge in [-0.3, -0.25) is 4.90 Å². The summed E-state index contributed by atoms with van der Waals surface area (Å²) < 4.78 is 24.4. The van der Waals surface area contributed by atoms with Gasteiger partial charge >= 0.3 is 0 Å². The van der Waals surface area contributed by atoms with E-state index in [1.807, 2.05) is 12.4 Å². The van der Waals surface area contributed by atoms with Crippen molar-refractivity contribution in [3.63, 3.8) is 0 Å². The summed E-state index contributed by atoms with van der Waals surface area (Å²) in [5, 5.41) is 0. The topological polar surface area (TPSA) is 47.5 Å². The van der Waals surface area contributed by atoms with Crippen molar-refractivity contribution in [3.8, 4) is 5.75 Å². The maximum atomic E-state index is 13.7. The fraction of sp³-hybridized carbons (Fsp3) is 0.500. The van der Waals surface area contributed by atoms with Crippen molar-refractivity contribution in [1.29, 1.82) is 0 Å². The number of methoxy groups -OCH3 is 1. The molecule has 0 N–H and O–H groups in total. The molecule has 3 rings (SSSR count). The molecule has 2 heterocycles. The van der Waals surface area contributed by atoms with Crippen molar-refractivity contribution < 1.29 is 13.9 Å². The molecule has 0 spiro atoms. The van der Waals surface area contributed by atoms with Gasteiger partial charge in [0.1, 0.15) is 5.82 Å². The van der Waals surface area contributed by atoms with Gasteiger partial charge in [-0.2, -0.15) is 0 Å². The number of piperidine rings is 1. The van der Waals surface area contributed by atoms with Crippen LogP contribution in [0.15, 0.2) is 36.7 Å². The molecule has 26 heavy (non-hydrogen) atoms. The van der Waals surface area contributed by atoms with E-state index in [1.165, 1.54) is 6.07 Å². The van der Waals surface area contributed by atoms with Crippen LogP contribution in [0.4, 0.5) is 4.39 Å². The van der Waals surface area contributed by atoms with E-state index in [9.17, 15) is 4.39 Å². The Morgan fingerprint density at radius 1 is 1.23 bits per heavy atom. The van der Waals surface area contributed by atoms with Crippen LogP contribution in [-0.4, -0.2) is 48.3 Å². The first-order valence-corrected chi connectivity index (χ1v) is 9.13. The molecule has 1 aromatic heterocycles. The second kappa shape index (κ2) is 9.59. The number of rotatable bonds is 8. The number of benzene rings is 1. The standard InChI is InChI=1S/C20H26FN3O2/c1-25-10-8-20-22-11-17(12-23-20)14-24-9-4-5-16(13-24)15-26-19-7-3-2-6-18(19)21/h2-3,6-7,11-12,16H,4-5,8-10,13-15H2,1H3. The maximum Gasteiger partial charge on any atom is 0.165 e. The largest absolute Gasteiger partial charge is 0.490 e. The van der Waals surface area contributed by atoms with Gasteiger partial charge in [-0.25, -0.2) is 14.4 Å². The number of ether oxygens (including phenoxy) is 2. The first-order chi connectivity index (χ1) is 12.7. The Balaban J connectivity index is 1.48. The summed E-state index contributed by atoms with van der Waals surface area (Å²) in [4.78, 5) is 11.2. The molecule has 1 aromatic carbocycles. The van der Waals surface area contributed by atoms with Gasteiger partial charge < -0.3 is 9.47 Å². The molecule has 0 amide bonds. The lowest BCUT2D eigenvalue weighted by atomic mass is 9.98. The number of hydrogen-bond acceptors (Lipinski definition) is 5. The molecule has 1 aliphatic heterocycles. The van der Waals surface area contributed by atoms with Crippen molar-refractivity contribution in [1.82, 2.24) is 14.9 Å². The molecular formula is C20H26FN3O2. The molecular weight excluding hydrogens is 333 g/mol. The lowest BCUT2D eigenvalue weighted by Gasteiger charge is -2.32. The zero-order valence-electron chi connectivity index (χ0n) is 15.2. The lowest BCUT2D eigenvalue weighted by molar-refractivity contribution is 0.123. The van der Waals surface area contributed by atoms with Crippen LogP contribution in [0, 0.1) is 11.7 Å². The molecule has 1 atom stereocenters. The summed E-state index contributed by atoms with van der Waals surface area (Å²) in [7, 11) is 1.68. The van der Waals surface area contributed by atoms with Crippen molar-refractivity contribution >= 4 is 0 Å². The monoisotopic (exact) mass is 359 g/mol. The van der Waals surface area contributed by atoms with Gasteiger partial charge in [0.05, 0.1) is 13.2 Å². The predicted molar refractivity (Wildman–Crippen MR) is 97.5 cm³/mol. The third kappa shape index (κ3) is 5.47. The number of likely N-dealkylation sites (tertiary alicyclic amines) is 1. The Bertz CT molecular complexity index is 681. The highest BCUT2D eigenvalue weighted by Gasteiger charge is 2.21. The van der Waals surface area contributed by atoms with Crippen LogP contribution in [0.25, 0.3) is 0 Å². The van der Waals surface area contributed by atoms with E-state index in [1.54, 1.807) is 25.3 Å². The molecule has 6 heteroatoms. The molecule has 2 aromatic rings. The van der Waals surface area contributed by atoms with Crippen LogP contribution < -0.4 is 4.74 Å². The summed E-state index contributed by atoms with van der Waals surface area (Å²) in [6, 6.07) is 6.58. The predicted octanol–water partition coefficient (Wildman–Crippen LogP) is 3.10. The first-order valence-electron chi connectivity index (χ1n) is 9.13. The molecule has 1 aliphatic rings. The van der Waals surface area contributed by atoms with E-state index in [4.69, 9.17) is 9.47 Å². The third-order valence-corrected chi connectivity index (χ3v) is 4.61. The molecule has 1 unspecified atom stereocenters. The van der Waals surface area contributed by atoms with E-state index < -0.39 is 0 Å². The van der Waals surface area contributed by atoms with E-state index in [2.05, 4.69) is 14.9 Å². The number of hydrogen-bond donors (Lipinski definition) is 0. The van der Waals surface area contributed by atoms with Crippen LogP contribution in [0.3, 0.4) is 0 Å². The molecule has 0 radical (unpaired) electrons. The van der Waals surface area contributed by atoms with Crippen LogP contribution in [0.5, 0.6) is 5.75 Å². The van der Waals surface area contributed by atoms with Gasteiger partial charge in [-0.15, -0.1) is 0 Å². The number of halogens is 1. The van der Waals surface area contributed by atoms with Crippen LogP contribution in [-0.2, 0) is 17.7 Å². The number of nitrogens with zero attached hydrogens (tertiary/aromatic N) is 3.